The molecule has 7 aromatic rings. The van der Waals surface area contributed by atoms with Crippen molar-refractivity contribution in [2.75, 3.05) is 0 Å². The normalized spacial score (nSPS) is 11.7. The fourth-order valence-electron chi connectivity index (χ4n) is 6.06. The standard InChI is InChI=1S/C38H24/c1-2-7-30-22-31(21-20-25(30)6-1)28-16-12-26(13-17-28)27-14-18-29(19-15-27)33-23-32-8-5-11-36-34-9-3-4-10-35(34)37(24-33)38(32)36/h1-24H. The third-order valence-corrected chi connectivity index (χ3v) is 8.00. The average molecular weight is 481 g/mol. The van der Waals surface area contributed by atoms with E-state index in [-0.39, 0.29) is 0 Å². The molecule has 1 aliphatic rings. The maximum Gasteiger partial charge on any atom is -0.00259 e. The van der Waals surface area contributed by atoms with Gasteiger partial charge in [0, 0.05) is 0 Å². The van der Waals surface area contributed by atoms with Gasteiger partial charge in [-0.3, -0.25) is 0 Å². The van der Waals surface area contributed by atoms with Gasteiger partial charge in [0.05, 0.1) is 0 Å². The lowest BCUT2D eigenvalue weighted by atomic mass is 9.94. The van der Waals surface area contributed by atoms with E-state index in [1.807, 2.05) is 0 Å². The molecular formula is C38H24. The van der Waals surface area contributed by atoms with Crippen LogP contribution in [-0.2, 0) is 0 Å². The molecule has 0 aliphatic heterocycles. The molecule has 7 aromatic carbocycles. The monoisotopic (exact) mass is 480 g/mol. The maximum atomic E-state index is 2.37. The predicted molar refractivity (Wildman–Crippen MR) is 162 cm³/mol. The second-order valence-corrected chi connectivity index (χ2v) is 10.2. The molecule has 0 unspecified atom stereocenters. The minimum Gasteiger partial charge on any atom is -0.0616 e. The Kier molecular flexibility index (Phi) is 4.62. The molecule has 0 N–H and O–H groups in total. The van der Waals surface area contributed by atoms with Crippen LogP contribution in [0.1, 0.15) is 0 Å². The van der Waals surface area contributed by atoms with Gasteiger partial charge >= 0.3 is 0 Å². The molecule has 0 fully saturated rings. The molecular weight excluding hydrogens is 456 g/mol. The van der Waals surface area contributed by atoms with E-state index in [2.05, 4.69) is 146 Å². The highest BCUT2D eigenvalue weighted by Crippen LogP contribution is 2.48. The Bertz CT molecular complexity index is 1990. The molecule has 0 aromatic heterocycles. The molecule has 0 heteroatoms. The summed E-state index contributed by atoms with van der Waals surface area (Å²) in [5.74, 6) is 0. The first-order valence-electron chi connectivity index (χ1n) is 13.2. The second kappa shape index (κ2) is 8.30. The van der Waals surface area contributed by atoms with Crippen LogP contribution >= 0.6 is 0 Å². The summed E-state index contributed by atoms with van der Waals surface area (Å²) in [5, 5.41) is 5.23. The van der Waals surface area contributed by atoms with Crippen molar-refractivity contribution in [1.29, 1.82) is 0 Å². The van der Waals surface area contributed by atoms with E-state index >= 15 is 0 Å². The molecule has 0 saturated carbocycles. The molecule has 0 nitrogen and oxygen atoms in total. The van der Waals surface area contributed by atoms with Crippen LogP contribution in [0.4, 0.5) is 0 Å². The van der Waals surface area contributed by atoms with Crippen molar-refractivity contribution in [2.24, 2.45) is 0 Å². The molecule has 0 atom stereocenters. The summed E-state index contributed by atoms with van der Waals surface area (Å²) in [5.41, 5.74) is 12.8. The van der Waals surface area contributed by atoms with Gasteiger partial charge in [-0.15, -0.1) is 0 Å². The van der Waals surface area contributed by atoms with Gasteiger partial charge in [0.1, 0.15) is 0 Å². The number of hydrogen-bond donors (Lipinski definition) is 0. The SMILES string of the molecule is c1ccc2c(c1)-c1cccc3cc(-c4ccc(-c5ccc(-c6ccc7ccccc7c6)cc5)cc4)cc-2c13. The molecule has 176 valence electrons. The third-order valence-electron chi connectivity index (χ3n) is 8.00. The van der Waals surface area contributed by atoms with Crippen LogP contribution < -0.4 is 0 Å². The van der Waals surface area contributed by atoms with Crippen molar-refractivity contribution < 1.29 is 0 Å². The van der Waals surface area contributed by atoms with Crippen molar-refractivity contribution in [1.82, 2.24) is 0 Å². The first-order chi connectivity index (χ1) is 18.8. The molecule has 0 amide bonds. The molecule has 8 rings (SSSR count). The summed E-state index contributed by atoms with van der Waals surface area (Å²) < 4.78 is 0. The highest BCUT2D eigenvalue weighted by Gasteiger charge is 2.21. The summed E-state index contributed by atoms with van der Waals surface area (Å²) in [6.07, 6.45) is 0. The average Bonchev–Trinajstić information content (AvgIpc) is 3.32. The molecule has 1 aliphatic carbocycles. The van der Waals surface area contributed by atoms with E-state index in [0.717, 1.165) is 0 Å². The molecule has 0 radical (unpaired) electrons. The summed E-state index contributed by atoms with van der Waals surface area (Å²) in [6, 6.07) is 53.3. The van der Waals surface area contributed by atoms with Crippen molar-refractivity contribution in [2.45, 2.75) is 0 Å². The van der Waals surface area contributed by atoms with Crippen LogP contribution in [-0.4, -0.2) is 0 Å². The van der Waals surface area contributed by atoms with Crippen molar-refractivity contribution in [3.05, 3.63) is 146 Å². The van der Waals surface area contributed by atoms with Crippen LogP contribution in [0, 0.1) is 0 Å². The Labute approximate surface area is 222 Å². The van der Waals surface area contributed by atoms with Crippen LogP contribution in [0.2, 0.25) is 0 Å². The smallest absolute Gasteiger partial charge is 0.00259 e. The van der Waals surface area contributed by atoms with E-state index in [9.17, 15) is 0 Å². The maximum absolute atomic E-state index is 2.37. The summed E-state index contributed by atoms with van der Waals surface area (Å²) in [4.78, 5) is 0. The topological polar surface area (TPSA) is 0 Å². The lowest BCUT2D eigenvalue weighted by Crippen LogP contribution is -1.84. The largest absolute Gasteiger partial charge is 0.0616 e. The van der Waals surface area contributed by atoms with E-state index < -0.39 is 0 Å². The van der Waals surface area contributed by atoms with E-state index in [0.29, 0.717) is 0 Å². The van der Waals surface area contributed by atoms with Gasteiger partial charge in [0.2, 0.25) is 0 Å². The number of fused-ring (bicyclic) bond motifs is 4. The molecule has 38 heavy (non-hydrogen) atoms. The van der Waals surface area contributed by atoms with Crippen molar-refractivity contribution in [3.63, 3.8) is 0 Å². The minimum absolute atomic E-state index is 1.23. The van der Waals surface area contributed by atoms with Crippen LogP contribution in [0.3, 0.4) is 0 Å². The fraction of sp³-hybridized carbons (Fsp3) is 0. The third kappa shape index (κ3) is 3.31. The molecule has 0 spiro atoms. The lowest BCUT2D eigenvalue weighted by Gasteiger charge is -2.10. The van der Waals surface area contributed by atoms with Crippen molar-refractivity contribution >= 4 is 21.5 Å². The molecule has 0 bridgehead atoms. The molecule has 0 saturated heterocycles. The van der Waals surface area contributed by atoms with Gasteiger partial charge in [-0.1, -0.05) is 127 Å². The quantitative estimate of drug-likeness (QED) is 0.236. The number of rotatable bonds is 3. The summed E-state index contributed by atoms with van der Waals surface area (Å²) in [6.45, 7) is 0. The van der Waals surface area contributed by atoms with Gasteiger partial charge in [0.25, 0.3) is 0 Å². The van der Waals surface area contributed by atoms with Gasteiger partial charge in [0.15, 0.2) is 0 Å². The summed E-state index contributed by atoms with van der Waals surface area (Å²) in [7, 11) is 0. The Morgan fingerprint density at radius 2 is 0.711 bits per heavy atom. The first-order valence-corrected chi connectivity index (χ1v) is 13.2. The zero-order valence-electron chi connectivity index (χ0n) is 20.9. The van der Waals surface area contributed by atoms with Gasteiger partial charge < -0.3 is 0 Å². The second-order valence-electron chi connectivity index (χ2n) is 10.2. The van der Waals surface area contributed by atoms with Crippen molar-refractivity contribution in [3.8, 4) is 55.6 Å². The molecule has 0 heterocycles. The van der Waals surface area contributed by atoms with E-state index in [4.69, 9.17) is 0 Å². The van der Waals surface area contributed by atoms with E-state index in [1.54, 1.807) is 0 Å². The summed E-state index contributed by atoms with van der Waals surface area (Å²) >= 11 is 0. The highest BCUT2D eigenvalue weighted by atomic mass is 14.2. The van der Waals surface area contributed by atoms with Crippen LogP contribution in [0.15, 0.2) is 146 Å². The van der Waals surface area contributed by atoms with Crippen LogP contribution in [0.25, 0.3) is 77.2 Å². The highest BCUT2D eigenvalue weighted by molar-refractivity contribution is 6.16. The van der Waals surface area contributed by atoms with Gasteiger partial charge in [-0.25, -0.2) is 0 Å². The van der Waals surface area contributed by atoms with E-state index in [1.165, 1.54) is 77.2 Å². The zero-order chi connectivity index (χ0) is 25.1. The minimum atomic E-state index is 1.23. The van der Waals surface area contributed by atoms with Crippen LogP contribution in [0.5, 0.6) is 0 Å². The number of hydrogen-bond acceptors (Lipinski definition) is 0. The fourth-order valence-corrected chi connectivity index (χ4v) is 6.06. The Morgan fingerprint density at radius 1 is 0.237 bits per heavy atom. The predicted octanol–water partition coefficient (Wildman–Crippen LogP) is 10.6. The number of benzene rings is 7. The lowest BCUT2D eigenvalue weighted by molar-refractivity contribution is 1.59. The first kappa shape index (κ1) is 21.2. The van der Waals surface area contributed by atoms with Gasteiger partial charge in [-0.2, -0.15) is 0 Å². The Hall–Kier alpha value is -4.94. The Balaban J connectivity index is 1.12. The zero-order valence-corrected chi connectivity index (χ0v) is 20.9. The van der Waals surface area contributed by atoms with Gasteiger partial charge in [-0.05, 0) is 95.4 Å². The Morgan fingerprint density at radius 3 is 1.42 bits per heavy atom.